The molecule has 0 aromatic heterocycles. The van der Waals surface area contributed by atoms with Gasteiger partial charge in [0, 0.05) is 19.5 Å². The molecular formula is C14H27N3O3S. The van der Waals surface area contributed by atoms with Crippen LogP contribution in [0.1, 0.15) is 39.0 Å². The molecule has 4 N–H and O–H groups in total. The van der Waals surface area contributed by atoms with Gasteiger partial charge in [-0.1, -0.05) is 6.42 Å². The summed E-state index contributed by atoms with van der Waals surface area (Å²) in [6.45, 7) is 3.36. The highest BCUT2D eigenvalue weighted by atomic mass is 32.2. The van der Waals surface area contributed by atoms with Crippen LogP contribution in [0.25, 0.3) is 0 Å². The van der Waals surface area contributed by atoms with Gasteiger partial charge in [0.2, 0.25) is 11.8 Å². The van der Waals surface area contributed by atoms with Crippen LogP contribution >= 0.6 is 11.8 Å². The molecule has 0 saturated carbocycles. The molecule has 0 heterocycles. The fourth-order valence-corrected chi connectivity index (χ4v) is 2.25. The average molecular weight is 317 g/mol. The molecule has 0 saturated heterocycles. The molecular weight excluding hydrogens is 290 g/mol. The number of rotatable bonds is 13. The number of unbranched alkanes of at least 4 members (excludes halogenated alkanes) is 2. The van der Waals surface area contributed by atoms with E-state index in [0.29, 0.717) is 26.1 Å². The Morgan fingerprint density at radius 2 is 1.48 bits per heavy atom. The number of hydrogen-bond donors (Lipinski definition) is 3. The summed E-state index contributed by atoms with van der Waals surface area (Å²) in [5.41, 5.74) is 5.32. The first-order valence-corrected chi connectivity index (χ1v) is 8.52. The highest BCUT2D eigenvalue weighted by Crippen LogP contribution is 2.01. The maximum atomic E-state index is 11.5. The third kappa shape index (κ3) is 15.1. The lowest BCUT2D eigenvalue weighted by molar-refractivity contribution is -0.119. The third-order valence-electron chi connectivity index (χ3n) is 2.70. The van der Waals surface area contributed by atoms with Crippen molar-refractivity contribution in [3.63, 3.8) is 0 Å². The van der Waals surface area contributed by atoms with Crippen LogP contribution in [-0.4, -0.2) is 48.7 Å². The Bertz CT molecular complexity index is 325. The van der Waals surface area contributed by atoms with Gasteiger partial charge in [-0.15, -0.1) is 11.8 Å². The predicted molar refractivity (Wildman–Crippen MR) is 86.2 cm³/mol. The third-order valence-corrected chi connectivity index (χ3v) is 3.63. The zero-order chi connectivity index (χ0) is 15.9. The van der Waals surface area contributed by atoms with Crippen LogP contribution in [0, 0.1) is 0 Å². The van der Waals surface area contributed by atoms with Crippen molar-refractivity contribution in [2.24, 2.45) is 5.73 Å². The number of ketones is 1. The van der Waals surface area contributed by atoms with E-state index in [2.05, 4.69) is 10.6 Å². The Morgan fingerprint density at radius 3 is 2.00 bits per heavy atom. The van der Waals surface area contributed by atoms with Crippen molar-refractivity contribution < 1.29 is 14.4 Å². The molecule has 122 valence electrons. The summed E-state index contributed by atoms with van der Waals surface area (Å²) in [5, 5.41) is 5.54. The number of nitrogens with two attached hydrogens (primary N) is 1. The topological polar surface area (TPSA) is 101 Å². The van der Waals surface area contributed by atoms with Crippen molar-refractivity contribution in [1.82, 2.24) is 10.6 Å². The Morgan fingerprint density at radius 1 is 0.905 bits per heavy atom. The van der Waals surface area contributed by atoms with Crippen molar-refractivity contribution in [2.45, 2.75) is 39.0 Å². The molecule has 0 spiro atoms. The number of amides is 2. The van der Waals surface area contributed by atoms with Gasteiger partial charge in [0.15, 0.2) is 0 Å². The minimum Gasteiger partial charge on any atom is -0.355 e. The Hall–Kier alpha value is -1.08. The summed E-state index contributed by atoms with van der Waals surface area (Å²) < 4.78 is 0. The number of carbonyl (C=O) groups is 3. The van der Waals surface area contributed by atoms with Gasteiger partial charge in [0.1, 0.15) is 5.78 Å². The maximum Gasteiger partial charge on any atom is 0.230 e. The molecule has 7 heteroatoms. The number of hydrogen-bond acceptors (Lipinski definition) is 5. The minimum absolute atomic E-state index is 0.0543. The summed E-state index contributed by atoms with van der Waals surface area (Å²) in [6, 6.07) is 0. The van der Waals surface area contributed by atoms with E-state index in [1.54, 1.807) is 6.92 Å². The van der Waals surface area contributed by atoms with E-state index in [0.717, 1.165) is 25.7 Å². The van der Waals surface area contributed by atoms with Crippen LogP contribution < -0.4 is 16.4 Å². The molecule has 0 aromatic carbocycles. The van der Waals surface area contributed by atoms with Gasteiger partial charge in [0.05, 0.1) is 11.5 Å². The molecule has 0 aromatic rings. The van der Waals surface area contributed by atoms with Crippen LogP contribution in [0.2, 0.25) is 0 Å². The molecule has 0 atom stereocenters. The highest BCUT2D eigenvalue weighted by molar-refractivity contribution is 8.00. The van der Waals surface area contributed by atoms with E-state index in [1.165, 1.54) is 11.8 Å². The fraction of sp³-hybridized carbons (Fsp3) is 0.786. The summed E-state index contributed by atoms with van der Waals surface area (Å²) >= 11 is 1.30. The van der Waals surface area contributed by atoms with Gasteiger partial charge in [-0.3, -0.25) is 9.59 Å². The average Bonchev–Trinajstić information content (AvgIpc) is 2.42. The molecule has 0 rings (SSSR count). The molecule has 0 unspecified atom stereocenters. The van der Waals surface area contributed by atoms with Gasteiger partial charge < -0.3 is 21.2 Å². The Balaban J connectivity index is 3.38. The highest BCUT2D eigenvalue weighted by Gasteiger charge is 2.04. The molecule has 2 amide bonds. The molecule has 0 radical (unpaired) electrons. The molecule has 0 aliphatic rings. The molecule has 0 aliphatic carbocycles. The number of Topliss-reactive ketones (excluding diaryl/α,β-unsaturated/α-hetero) is 1. The fourth-order valence-electron chi connectivity index (χ4n) is 1.57. The van der Waals surface area contributed by atoms with Crippen molar-refractivity contribution in [3.05, 3.63) is 0 Å². The first-order valence-electron chi connectivity index (χ1n) is 7.37. The van der Waals surface area contributed by atoms with Gasteiger partial charge >= 0.3 is 0 Å². The first kappa shape index (κ1) is 19.9. The second kappa shape index (κ2) is 13.9. The lowest BCUT2D eigenvalue weighted by Gasteiger charge is -2.06. The predicted octanol–water partition coefficient (Wildman–Crippen LogP) is 0.450. The Kier molecular flexibility index (Phi) is 13.2. The number of carbonyl (C=O) groups excluding carboxylic acids is 3. The summed E-state index contributed by atoms with van der Waals surface area (Å²) in [6.07, 6.45) is 4.08. The smallest absolute Gasteiger partial charge is 0.230 e. The van der Waals surface area contributed by atoms with Crippen LogP contribution in [0.3, 0.4) is 0 Å². The summed E-state index contributed by atoms with van der Waals surface area (Å²) in [5.74, 6) is 0.668. The van der Waals surface area contributed by atoms with Crippen LogP contribution in [-0.2, 0) is 14.4 Å². The maximum absolute atomic E-state index is 11.5. The van der Waals surface area contributed by atoms with Crippen molar-refractivity contribution >= 4 is 29.4 Å². The van der Waals surface area contributed by atoms with E-state index >= 15 is 0 Å². The number of thioether (sulfide) groups is 1. The van der Waals surface area contributed by atoms with Gasteiger partial charge in [-0.25, -0.2) is 0 Å². The molecule has 0 aliphatic heterocycles. The first-order chi connectivity index (χ1) is 10.1. The zero-order valence-corrected chi connectivity index (χ0v) is 13.6. The van der Waals surface area contributed by atoms with E-state index < -0.39 is 0 Å². The standard InChI is InChI=1S/C14H27N3O3S/c1-12(18)6-3-2-4-8-16-13(19)10-21-11-14(20)17-9-5-7-15/h2-11,15H2,1H3,(H,16,19)(H,17,20). The second-order valence-electron chi connectivity index (χ2n) is 4.85. The number of nitrogens with one attached hydrogen (secondary N) is 2. The van der Waals surface area contributed by atoms with Gasteiger partial charge in [-0.05, 0) is 32.7 Å². The second-order valence-corrected chi connectivity index (χ2v) is 5.83. The monoisotopic (exact) mass is 317 g/mol. The van der Waals surface area contributed by atoms with Gasteiger partial charge in [-0.2, -0.15) is 0 Å². The van der Waals surface area contributed by atoms with E-state index in [1.807, 2.05) is 0 Å². The normalized spacial score (nSPS) is 10.2. The van der Waals surface area contributed by atoms with Crippen molar-refractivity contribution in [1.29, 1.82) is 0 Å². The van der Waals surface area contributed by atoms with Crippen molar-refractivity contribution in [3.8, 4) is 0 Å². The SMILES string of the molecule is CC(=O)CCCCCNC(=O)CSCC(=O)NCCCN. The zero-order valence-electron chi connectivity index (χ0n) is 12.8. The van der Waals surface area contributed by atoms with Crippen molar-refractivity contribution in [2.75, 3.05) is 31.1 Å². The van der Waals surface area contributed by atoms with Crippen LogP contribution in [0.4, 0.5) is 0 Å². The summed E-state index contributed by atoms with van der Waals surface area (Å²) in [4.78, 5) is 33.6. The van der Waals surface area contributed by atoms with Gasteiger partial charge in [0.25, 0.3) is 0 Å². The molecule has 0 fully saturated rings. The van der Waals surface area contributed by atoms with Crippen LogP contribution in [0.5, 0.6) is 0 Å². The lowest BCUT2D eigenvalue weighted by atomic mass is 10.1. The van der Waals surface area contributed by atoms with E-state index in [4.69, 9.17) is 5.73 Å². The minimum atomic E-state index is -0.0644. The summed E-state index contributed by atoms with van der Waals surface area (Å²) in [7, 11) is 0. The quantitative estimate of drug-likeness (QED) is 0.428. The van der Waals surface area contributed by atoms with E-state index in [-0.39, 0.29) is 29.1 Å². The molecule has 0 bridgehead atoms. The lowest BCUT2D eigenvalue weighted by Crippen LogP contribution is -2.29. The van der Waals surface area contributed by atoms with Crippen LogP contribution in [0.15, 0.2) is 0 Å². The Labute approximate surface area is 131 Å². The largest absolute Gasteiger partial charge is 0.355 e. The van der Waals surface area contributed by atoms with E-state index in [9.17, 15) is 14.4 Å². The molecule has 21 heavy (non-hydrogen) atoms. The molecule has 6 nitrogen and oxygen atoms in total.